The van der Waals surface area contributed by atoms with Crippen molar-refractivity contribution >= 4 is 11.8 Å². The van der Waals surface area contributed by atoms with E-state index in [0.717, 1.165) is 17.7 Å². The second-order valence-corrected chi connectivity index (χ2v) is 6.44. The number of methoxy groups -OCH3 is 1. The Hall–Kier alpha value is -2.96. The van der Waals surface area contributed by atoms with Gasteiger partial charge in [-0.15, -0.1) is 0 Å². The van der Waals surface area contributed by atoms with E-state index in [2.05, 4.69) is 9.97 Å². The number of carbonyl (C=O) groups excluding carboxylic acids is 2. The second-order valence-electron chi connectivity index (χ2n) is 6.44. The maximum atomic E-state index is 12.5. The Morgan fingerprint density at radius 2 is 2.04 bits per heavy atom. The summed E-state index contributed by atoms with van der Waals surface area (Å²) in [7, 11) is 1.62. The van der Waals surface area contributed by atoms with E-state index < -0.39 is 5.91 Å². The molecule has 2 amide bonds. The molecule has 1 aromatic carbocycles. The normalized spacial score (nSPS) is 16.5. The molecule has 0 aliphatic carbocycles. The molecule has 0 spiro atoms. The number of aryl methyl sites for hydroxylation is 1. The van der Waals surface area contributed by atoms with Crippen LogP contribution in [0.3, 0.4) is 0 Å². The van der Waals surface area contributed by atoms with Gasteiger partial charge in [-0.2, -0.15) is 0 Å². The van der Waals surface area contributed by atoms with Gasteiger partial charge in [0, 0.05) is 25.2 Å². The van der Waals surface area contributed by atoms with Crippen molar-refractivity contribution in [3.05, 3.63) is 53.1 Å². The molecule has 2 aromatic rings. The van der Waals surface area contributed by atoms with Crippen molar-refractivity contribution in [1.29, 1.82) is 0 Å². The van der Waals surface area contributed by atoms with Crippen LogP contribution >= 0.6 is 0 Å². The topological polar surface area (TPSA) is 98.4 Å². The summed E-state index contributed by atoms with van der Waals surface area (Å²) in [5, 5.41) is 0. The summed E-state index contributed by atoms with van der Waals surface area (Å²) in [6.45, 7) is 3.01. The Balaban J connectivity index is 1.63. The Morgan fingerprint density at radius 1 is 1.31 bits per heavy atom. The predicted octanol–water partition coefficient (Wildman–Crippen LogP) is 1.45. The van der Waals surface area contributed by atoms with E-state index in [0.29, 0.717) is 36.6 Å². The Bertz CT molecular complexity index is 820. The zero-order chi connectivity index (χ0) is 18.7. The van der Waals surface area contributed by atoms with Gasteiger partial charge in [0.2, 0.25) is 5.91 Å². The summed E-state index contributed by atoms with van der Waals surface area (Å²) < 4.78 is 5.13. The van der Waals surface area contributed by atoms with E-state index in [1.807, 2.05) is 29.2 Å². The number of nitrogens with two attached hydrogens (primary N) is 1. The van der Waals surface area contributed by atoms with Gasteiger partial charge in [-0.05, 0) is 31.0 Å². The van der Waals surface area contributed by atoms with Crippen molar-refractivity contribution in [2.45, 2.75) is 25.7 Å². The fourth-order valence-electron chi connectivity index (χ4n) is 3.15. The third kappa shape index (κ3) is 3.82. The number of hydrogen-bond donors (Lipinski definition) is 1. The highest BCUT2D eigenvalue weighted by Crippen LogP contribution is 2.26. The molecule has 0 radical (unpaired) electrons. The SMILES string of the molecule is COc1ccc(CC(=O)N2CCC(c3ncc(C(N)=O)c(C)n3)C2)cc1. The number of aromatic nitrogens is 2. The van der Waals surface area contributed by atoms with Crippen LogP contribution in [0, 0.1) is 6.92 Å². The lowest BCUT2D eigenvalue weighted by Crippen LogP contribution is -2.30. The number of likely N-dealkylation sites (tertiary alicyclic amines) is 1. The van der Waals surface area contributed by atoms with Gasteiger partial charge in [0.05, 0.1) is 24.8 Å². The molecule has 1 atom stereocenters. The highest BCUT2D eigenvalue weighted by Gasteiger charge is 2.29. The maximum Gasteiger partial charge on any atom is 0.252 e. The second kappa shape index (κ2) is 7.51. The highest BCUT2D eigenvalue weighted by atomic mass is 16.5. The molecule has 0 bridgehead atoms. The zero-order valence-corrected chi connectivity index (χ0v) is 14.9. The number of carbonyl (C=O) groups is 2. The van der Waals surface area contributed by atoms with Gasteiger partial charge in [-0.1, -0.05) is 12.1 Å². The van der Waals surface area contributed by atoms with Crippen LogP contribution in [0.1, 0.15) is 39.8 Å². The van der Waals surface area contributed by atoms with Crippen LogP contribution in [0.5, 0.6) is 5.75 Å². The minimum absolute atomic E-state index is 0.0791. The molecule has 1 aromatic heterocycles. The van der Waals surface area contributed by atoms with E-state index in [-0.39, 0.29) is 11.8 Å². The molecular weight excluding hydrogens is 332 g/mol. The lowest BCUT2D eigenvalue weighted by Gasteiger charge is -2.16. The minimum Gasteiger partial charge on any atom is -0.497 e. The molecule has 136 valence electrons. The standard InChI is InChI=1S/C19H22N4O3/c1-12-16(18(20)25)10-21-19(22-12)14-7-8-23(11-14)17(24)9-13-3-5-15(26-2)6-4-13/h3-6,10,14H,7-9,11H2,1-2H3,(H2,20,25). The maximum absolute atomic E-state index is 12.5. The molecule has 0 saturated carbocycles. The van der Waals surface area contributed by atoms with Crippen molar-refractivity contribution in [2.24, 2.45) is 5.73 Å². The molecule has 7 nitrogen and oxygen atoms in total. The van der Waals surface area contributed by atoms with Gasteiger partial charge >= 0.3 is 0 Å². The fourth-order valence-corrected chi connectivity index (χ4v) is 3.15. The van der Waals surface area contributed by atoms with E-state index >= 15 is 0 Å². The predicted molar refractivity (Wildman–Crippen MR) is 95.9 cm³/mol. The Kier molecular flexibility index (Phi) is 5.16. The van der Waals surface area contributed by atoms with Gasteiger partial charge in [-0.3, -0.25) is 9.59 Å². The average molecular weight is 354 g/mol. The number of hydrogen-bond acceptors (Lipinski definition) is 5. The first-order chi connectivity index (χ1) is 12.5. The minimum atomic E-state index is -0.531. The first-order valence-corrected chi connectivity index (χ1v) is 8.52. The monoisotopic (exact) mass is 354 g/mol. The molecule has 1 saturated heterocycles. The lowest BCUT2D eigenvalue weighted by atomic mass is 10.1. The summed E-state index contributed by atoms with van der Waals surface area (Å²) in [6.07, 6.45) is 2.64. The van der Waals surface area contributed by atoms with Crippen LogP contribution < -0.4 is 10.5 Å². The average Bonchev–Trinajstić information content (AvgIpc) is 3.12. The summed E-state index contributed by atoms with van der Waals surface area (Å²) in [6, 6.07) is 7.51. The van der Waals surface area contributed by atoms with Crippen molar-refractivity contribution in [3.63, 3.8) is 0 Å². The molecule has 26 heavy (non-hydrogen) atoms. The summed E-state index contributed by atoms with van der Waals surface area (Å²) in [5.74, 6) is 1.07. The van der Waals surface area contributed by atoms with Gasteiger partial charge in [0.25, 0.3) is 5.91 Å². The largest absolute Gasteiger partial charge is 0.497 e. The molecule has 7 heteroatoms. The van der Waals surface area contributed by atoms with E-state index in [1.54, 1.807) is 14.0 Å². The molecule has 3 rings (SSSR count). The molecule has 2 N–H and O–H groups in total. The van der Waals surface area contributed by atoms with Crippen LogP contribution in [-0.4, -0.2) is 46.9 Å². The number of nitrogens with zero attached hydrogens (tertiary/aromatic N) is 3. The third-order valence-electron chi connectivity index (χ3n) is 4.68. The van der Waals surface area contributed by atoms with Crippen LogP contribution in [0.4, 0.5) is 0 Å². The first kappa shape index (κ1) is 17.8. The zero-order valence-electron chi connectivity index (χ0n) is 14.9. The molecule has 1 aliphatic heterocycles. The summed E-state index contributed by atoms with van der Waals surface area (Å²) in [4.78, 5) is 34.4. The Labute approximate surface area is 152 Å². The van der Waals surface area contributed by atoms with Gasteiger partial charge < -0.3 is 15.4 Å². The van der Waals surface area contributed by atoms with Gasteiger partial charge in [-0.25, -0.2) is 9.97 Å². The third-order valence-corrected chi connectivity index (χ3v) is 4.68. The molecule has 2 heterocycles. The molecular formula is C19H22N4O3. The number of rotatable bonds is 5. The van der Waals surface area contributed by atoms with E-state index in [4.69, 9.17) is 10.5 Å². The Morgan fingerprint density at radius 3 is 2.65 bits per heavy atom. The van der Waals surface area contributed by atoms with E-state index in [9.17, 15) is 9.59 Å². The van der Waals surface area contributed by atoms with Crippen molar-refractivity contribution < 1.29 is 14.3 Å². The smallest absolute Gasteiger partial charge is 0.252 e. The van der Waals surface area contributed by atoms with Crippen LogP contribution in [-0.2, 0) is 11.2 Å². The van der Waals surface area contributed by atoms with E-state index in [1.165, 1.54) is 6.20 Å². The number of primary amides is 1. The summed E-state index contributed by atoms with van der Waals surface area (Å²) >= 11 is 0. The van der Waals surface area contributed by atoms with Gasteiger partial charge in [0.15, 0.2) is 0 Å². The summed E-state index contributed by atoms with van der Waals surface area (Å²) in [5.41, 5.74) is 7.15. The van der Waals surface area contributed by atoms with Crippen molar-refractivity contribution in [2.75, 3.05) is 20.2 Å². The van der Waals surface area contributed by atoms with Crippen LogP contribution in [0.2, 0.25) is 0 Å². The number of amides is 2. The highest BCUT2D eigenvalue weighted by molar-refractivity contribution is 5.93. The van der Waals surface area contributed by atoms with Gasteiger partial charge in [0.1, 0.15) is 11.6 Å². The number of ether oxygens (including phenoxy) is 1. The van der Waals surface area contributed by atoms with Crippen molar-refractivity contribution in [3.8, 4) is 5.75 Å². The molecule has 1 unspecified atom stereocenters. The lowest BCUT2D eigenvalue weighted by molar-refractivity contribution is -0.129. The first-order valence-electron chi connectivity index (χ1n) is 8.52. The number of benzene rings is 1. The fraction of sp³-hybridized carbons (Fsp3) is 0.368. The molecule has 1 aliphatic rings. The molecule has 1 fully saturated rings. The quantitative estimate of drug-likeness (QED) is 0.876. The van der Waals surface area contributed by atoms with Crippen molar-refractivity contribution in [1.82, 2.24) is 14.9 Å². The van der Waals surface area contributed by atoms with Crippen LogP contribution in [0.15, 0.2) is 30.5 Å². The van der Waals surface area contributed by atoms with Crippen LogP contribution in [0.25, 0.3) is 0 Å².